The van der Waals surface area contributed by atoms with Gasteiger partial charge in [0.15, 0.2) is 0 Å². The van der Waals surface area contributed by atoms with E-state index in [1.165, 1.54) is 0 Å². The quantitative estimate of drug-likeness (QED) is 0.257. The van der Waals surface area contributed by atoms with Gasteiger partial charge in [-0.15, -0.1) is 5.10 Å². The third kappa shape index (κ3) is 5.58. The van der Waals surface area contributed by atoms with Crippen molar-refractivity contribution in [3.05, 3.63) is 101 Å². The summed E-state index contributed by atoms with van der Waals surface area (Å²) in [7, 11) is 1.77. The number of rotatable bonds is 7. The number of carbonyl (C=O) groups is 1. The molecule has 4 aromatic rings. The van der Waals surface area contributed by atoms with Crippen LogP contribution in [-0.2, 0) is 11.3 Å². The normalized spacial score (nSPS) is 11.1. The van der Waals surface area contributed by atoms with Crippen molar-refractivity contribution >= 4 is 34.8 Å². The van der Waals surface area contributed by atoms with Crippen LogP contribution in [0.1, 0.15) is 17.5 Å². The van der Waals surface area contributed by atoms with Gasteiger partial charge in [-0.2, -0.15) is 5.26 Å². The van der Waals surface area contributed by atoms with Crippen molar-refractivity contribution in [3.8, 4) is 17.3 Å². The number of nitrogens with zero attached hydrogens (tertiary/aromatic N) is 5. The lowest BCUT2D eigenvalue weighted by Crippen LogP contribution is -2.27. The molecular formula is C27H22ClN5O. The molecule has 0 aliphatic rings. The second-order valence-corrected chi connectivity index (χ2v) is 8.14. The number of halogens is 1. The van der Waals surface area contributed by atoms with Gasteiger partial charge in [-0.3, -0.25) is 9.48 Å². The average Bonchev–Trinajstić information content (AvgIpc) is 3.36. The summed E-state index contributed by atoms with van der Waals surface area (Å²) in [5, 5.41) is 18.6. The Balaban J connectivity index is 1.41. The average molecular weight is 468 g/mol. The molecule has 4 rings (SSSR count). The Morgan fingerprint density at radius 3 is 2.44 bits per heavy atom. The topological polar surface area (TPSA) is 74.8 Å². The Labute approximate surface area is 203 Å². The van der Waals surface area contributed by atoms with Crippen molar-refractivity contribution in [1.29, 1.82) is 5.26 Å². The van der Waals surface area contributed by atoms with Crippen LogP contribution < -0.4 is 4.90 Å². The molecule has 1 aromatic heterocycles. The van der Waals surface area contributed by atoms with Crippen molar-refractivity contribution in [2.24, 2.45) is 0 Å². The van der Waals surface area contributed by atoms with Crippen molar-refractivity contribution in [1.82, 2.24) is 15.0 Å². The number of benzene rings is 3. The van der Waals surface area contributed by atoms with Crippen LogP contribution in [0.5, 0.6) is 0 Å². The minimum absolute atomic E-state index is 0.00381. The van der Waals surface area contributed by atoms with Crippen LogP contribution >= 0.6 is 11.6 Å². The molecule has 0 N–H and O–H groups in total. The Hall–Kier alpha value is -4.21. The molecule has 1 amide bonds. The summed E-state index contributed by atoms with van der Waals surface area (Å²) in [5.74, 6) is 0.00381. The minimum Gasteiger partial charge on any atom is -0.315 e. The van der Waals surface area contributed by atoms with Gasteiger partial charge in [-0.25, -0.2) is 0 Å². The minimum atomic E-state index is 0.00381. The summed E-state index contributed by atoms with van der Waals surface area (Å²) in [6.07, 6.45) is 3.96. The van der Waals surface area contributed by atoms with Gasteiger partial charge in [0.2, 0.25) is 5.91 Å². The number of anilines is 1. The van der Waals surface area contributed by atoms with E-state index >= 15 is 0 Å². The molecule has 0 spiro atoms. The summed E-state index contributed by atoms with van der Waals surface area (Å²) in [6, 6.07) is 26.7. The van der Waals surface area contributed by atoms with Crippen molar-refractivity contribution in [2.45, 2.75) is 13.0 Å². The van der Waals surface area contributed by atoms with Gasteiger partial charge >= 0.3 is 0 Å². The number of aromatic nitrogens is 3. The first-order valence-electron chi connectivity index (χ1n) is 10.7. The second kappa shape index (κ2) is 10.6. The van der Waals surface area contributed by atoms with Gasteiger partial charge in [-0.05, 0) is 41.5 Å². The van der Waals surface area contributed by atoms with E-state index < -0.39 is 0 Å². The van der Waals surface area contributed by atoms with Crippen LogP contribution in [0.25, 0.3) is 22.9 Å². The molecule has 0 fully saturated rings. The molecule has 0 radical (unpaired) electrons. The highest BCUT2D eigenvalue weighted by molar-refractivity contribution is 6.30. The van der Waals surface area contributed by atoms with Gasteiger partial charge in [0.05, 0.1) is 24.4 Å². The zero-order valence-corrected chi connectivity index (χ0v) is 19.4. The SMILES string of the molecule is CN(C(=O)CCn1cc(-c2ccc(/C(C#N)=C/c3ccc(Cl)cc3)cc2)nn1)c1ccccc1. The zero-order chi connectivity index (χ0) is 23.9. The standard InChI is InChI=1S/C27H22ClN5O/c1-32(25-5-3-2-4-6-25)27(34)15-16-33-19-26(30-31-33)22-11-9-21(10-12-22)23(18-29)17-20-7-13-24(28)14-8-20/h2-14,17,19H,15-16H2,1H3/b23-17+. The number of hydrogen-bond donors (Lipinski definition) is 0. The third-order valence-corrected chi connectivity index (χ3v) is 5.66. The smallest absolute Gasteiger partial charge is 0.228 e. The molecule has 0 aliphatic heterocycles. The predicted molar refractivity (Wildman–Crippen MR) is 135 cm³/mol. The van der Waals surface area contributed by atoms with Gasteiger partial charge in [0.25, 0.3) is 0 Å². The summed E-state index contributed by atoms with van der Waals surface area (Å²) in [6.45, 7) is 0.434. The number of carbonyl (C=O) groups excluding carboxylic acids is 1. The number of allylic oxidation sites excluding steroid dienone is 1. The molecule has 0 saturated carbocycles. The fraction of sp³-hybridized carbons (Fsp3) is 0.111. The monoisotopic (exact) mass is 467 g/mol. The molecule has 0 unspecified atom stereocenters. The van der Waals surface area contributed by atoms with E-state index in [0.29, 0.717) is 29.3 Å². The number of nitriles is 1. The Bertz CT molecular complexity index is 1340. The fourth-order valence-electron chi connectivity index (χ4n) is 3.44. The van der Waals surface area contributed by atoms with Crippen LogP contribution in [-0.4, -0.2) is 27.9 Å². The summed E-state index contributed by atoms with van der Waals surface area (Å²) in [4.78, 5) is 14.1. The van der Waals surface area contributed by atoms with Crippen molar-refractivity contribution in [3.63, 3.8) is 0 Å². The highest BCUT2D eigenvalue weighted by Crippen LogP contribution is 2.23. The summed E-state index contributed by atoms with van der Waals surface area (Å²) >= 11 is 5.93. The Kier molecular flexibility index (Phi) is 7.16. The molecule has 0 saturated heterocycles. The summed E-state index contributed by atoms with van der Waals surface area (Å²) < 4.78 is 1.67. The van der Waals surface area contributed by atoms with E-state index in [-0.39, 0.29) is 5.91 Å². The van der Waals surface area contributed by atoms with Crippen LogP contribution in [0.3, 0.4) is 0 Å². The molecule has 1 heterocycles. The summed E-state index contributed by atoms with van der Waals surface area (Å²) in [5.41, 5.74) is 4.71. The molecule has 0 aliphatic carbocycles. The maximum atomic E-state index is 12.5. The number of para-hydroxylation sites is 1. The van der Waals surface area contributed by atoms with E-state index in [2.05, 4.69) is 16.4 Å². The van der Waals surface area contributed by atoms with Crippen molar-refractivity contribution < 1.29 is 4.79 Å². The first-order valence-corrected chi connectivity index (χ1v) is 11.1. The van der Waals surface area contributed by atoms with E-state index in [1.54, 1.807) is 28.8 Å². The van der Waals surface area contributed by atoms with E-state index in [1.807, 2.05) is 79.0 Å². The fourth-order valence-corrected chi connectivity index (χ4v) is 3.57. The Morgan fingerprint density at radius 2 is 1.76 bits per heavy atom. The molecule has 168 valence electrons. The van der Waals surface area contributed by atoms with Crippen LogP contribution in [0.4, 0.5) is 5.69 Å². The number of hydrogen-bond acceptors (Lipinski definition) is 4. The zero-order valence-electron chi connectivity index (χ0n) is 18.6. The van der Waals surface area contributed by atoms with E-state index in [9.17, 15) is 10.1 Å². The second-order valence-electron chi connectivity index (χ2n) is 7.70. The van der Waals surface area contributed by atoms with E-state index in [4.69, 9.17) is 11.6 Å². The molecule has 6 nitrogen and oxygen atoms in total. The molecular weight excluding hydrogens is 446 g/mol. The van der Waals surface area contributed by atoms with Crippen LogP contribution in [0.15, 0.2) is 85.1 Å². The molecule has 34 heavy (non-hydrogen) atoms. The lowest BCUT2D eigenvalue weighted by Gasteiger charge is -2.16. The number of amides is 1. The maximum absolute atomic E-state index is 12.5. The molecule has 3 aromatic carbocycles. The molecule has 0 bridgehead atoms. The van der Waals surface area contributed by atoms with Crippen molar-refractivity contribution in [2.75, 3.05) is 11.9 Å². The molecule has 0 atom stereocenters. The lowest BCUT2D eigenvalue weighted by atomic mass is 10.0. The van der Waals surface area contributed by atoms with E-state index in [0.717, 1.165) is 22.4 Å². The first kappa shape index (κ1) is 23.0. The van der Waals surface area contributed by atoms with Crippen LogP contribution in [0, 0.1) is 11.3 Å². The first-order chi connectivity index (χ1) is 16.5. The number of aryl methyl sites for hydroxylation is 1. The van der Waals surface area contributed by atoms with Gasteiger partial charge < -0.3 is 4.90 Å². The molecule has 7 heteroatoms. The van der Waals surface area contributed by atoms with Gasteiger partial charge in [0, 0.05) is 29.7 Å². The highest BCUT2D eigenvalue weighted by Gasteiger charge is 2.12. The van der Waals surface area contributed by atoms with Gasteiger partial charge in [0.1, 0.15) is 5.69 Å². The van der Waals surface area contributed by atoms with Gasteiger partial charge in [-0.1, -0.05) is 71.4 Å². The largest absolute Gasteiger partial charge is 0.315 e. The lowest BCUT2D eigenvalue weighted by molar-refractivity contribution is -0.118. The third-order valence-electron chi connectivity index (χ3n) is 5.40. The maximum Gasteiger partial charge on any atom is 0.228 e. The highest BCUT2D eigenvalue weighted by atomic mass is 35.5. The predicted octanol–water partition coefficient (Wildman–Crippen LogP) is 5.72. The van der Waals surface area contributed by atoms with Crippen LogP contribution in [0.2, 0.25) is 5.02 Å². The Morgan fingerprint density at radius 1 is 1.06 bits per heavy atom.